The molecule has 0 unspecified atom stereocenters. The van der Waals surface area contributed by atoms with E-state index in [0.29, 0.717) is 24.5 Å². The van der Waals surface area contributed by atoms with E-state index in [-0.39, 0.29) is 18.7 Å². The van der Waals surface area contributed by atoms with E-state index in [2.05, 4.69) is 5.32 Å². The highest BCUT2D eigenvalue weighted by Gasteiger charge is 2.18. The quantitative estimate of drug-likeness (QED) is 0.781. The van der Waals surface area contributed by atoms with Gasteiger partial charge in [-0.05, 0) is 31.0 Å². The summed E-state index contributed by atoms with van der Waals surface area (Å²) in [6.45, 7) is 4.12. The molecule has 1 atom stereocenters. The first-order chi connectivity index (χ1) is 10.6. The van der Waals surface area contributed by atoms with Gasteiger partial charge in [-0.25, -0.2) is 0 Å². The van der Waals surface area contributed by atoms with Crippen molar-refractivity contribution in [1.82, 2.24) is 5.32 Å². The lowest BCUT2D eigenvalue weighted by atomic mass is 10.2. The van der Waals surface area contributed by atoms with Gasteiger partial charge in [0.2, 0.25) is 6.79 Å². The fourth-order valence-corrected chi connectivity index (χ4v) is 2.01. The number of unbranched alkanes of at least 4 members (excludes halogenated alkanes) is 1. The summed E-state index contributed by atoms with van der Waals surface area (Å²) in [6.07, 6.45) is 1.24. The molecule has 0 aromatic heterocycles. The minimum absolute atomic E-state index is 0.218. The van der Waals surface area contributed by atoms with Gasteiger partial charge in [0.1, 0.15) is 0 Å². The van der Waals surface area contributed by atoms with E-state index in [4.69, 9.17) is 14.2 Å². The Balaban J connectivity index is 1.78. The zero-order valence-electron chi connectivity index (χ0n) is 12.9. The number of rotatable bonds is 7. The van der Waals surface area contributed by atoms with Crippen molar-refractivity contribution in [3.05, 3.63) is 23.8 Å². The van der Waals surface area contributed by atoms with E-state index in [1.165, 1.54) is 0 Å². The molecule has 1 amide bonds. The smallest absolute Gasteiger partial charge is 0.306 e. The molecule has 120 valence electrons. The lowest BCUT2D eigenvalue weighted by molar-refractivity contribution is -0.154. The summed E-state index contributed by atoms with van der Waals surface area (Å²) in [6, 6.07) is 5.48. The number of amides is 1. The number of hydrogen-bond acceptors (Lipinski definition) is 5. The average Bonchev–Trinajstić information content (AvgIpc) is 2.98. The van der Waals surface area contributed by atoms with E-state index in [1.54, 1.807) is 13.0 Å². The minimum atomic E-state index is -0.793. The van der Waals surface area contributed by atoms with Crippen LogP contribution in [-0.4, -0.2) is 24.8 Å². The van der Waals surface area contributed by atoms with E-state index < -0.39 is 6.10 Å². The van der Waals surface area contributed by atoms with E-state index in [0.717, 1.165) is 18.4 Å². The molecule has 1 aliphatic rings. The van der Waals surface area contributed by atoms with Gasteiger partial charge in [-0.2, -0.15) is 0 Å². The Hall–Kier alpha value is -2.24. The van der Waals surface area contributed by atoms with Crippen LogP contribution in [0.4, 0.5) is 0 Å². The highest BCUT2D eigenvalue weighted by Crippen LogP contribution is 2.32. The predicted octanol–water partition coefficient (Wildman–Crippen LogP) is 2.15. The van der Waals surface area contributed by atoms with Crippen molar-refractivity contribution in [2.45, 2.75) is 45.8 Å². The summed E-state index contributed by atoms with van der Waals surface area (Å²) < 4.78 is 15.6. The third-order valence-electron chi connectivity index (χ3n) is 3.32. The molecule has 1 aromatic carbocycles. The first-order valence-electron chi connectivity index (χ1n) is 7.46. The molecular formula is C16H21NO5. The molecule has 1 aliphatic heterocycles. The van der Waals surface area contributed by atoms with Gasteiger partial charge < -0.3 is 19.5 Å². The Labute approximate surface area is 129 Å². The highest BCUT2D eigenvalue weighted by atomic mass is 16.7. The fourth-order valence-electron chi connectivity index (χ4n) is 2.01. The number of nitrogens with one attached hydrogen (secondary N) is 1. The van der Waals surface area contributed by atoms with Gasteiger partial charge in [0.15, 0.2) is 17.6 Å². The largest absolute Gasteiger partial charge is 0.454 e. The zero-order chi connectivity index (χ0) is 15.9. The van der Waals surface area contributed by atoms with Crippen LogP contribution >= 0.6 is 0 Å². The molecule has 1 aromatic rings. The summed E-state index contributed by atoms with van der Waals surface area (Å²) in [5, 5.41) is 2.74. The number of ether oxygens (including phenoxy) is 3. The Bertz CT molecular complexity index is 543. The fraction of sp³-hybridized carbons (Fsp3) is 0.500. The maximum absolute atomic E-state index is 11.9. The lowest BCUT2D eigenvalue weighted by Gasteiger charge is -2.13. The molecule has 0 saturated carbocycles. The first kappa shape index (κ1) is 16.1. The van der Waals surface area contributed by atoms with Gasteiger partial charge in [-0.3, -0.25) is 9.59 Å². The van der Waals surface area contributed by atoms with E-state index in [1.807, 2.05) is 19.1 Å². The van der Waals surface area contributed by atoms with Crippen LogP contribution < -0.4 is 14.8 Å². The van der Waals surface area contributed by atoms with Gasteiger partial charge in [0.05, 0.1) is 0 Å². The molecule has 2 rings (SSSR count). The molecule has 22 heavy (non-hydrogen) atoms. The normalized spacial score (nSPS) is 13.5. The zero-order valence-corrected chi connectivity index (χ0v) is 12.9. The van der Waals surface area contributed by atoms with Crippen LogP contribution in [0.15, 0.2) is 18.2 Å². The summed E-state index contributed by atoms with van der Waals surface area (Å²) in [7, 11) is 0. The summed E-state index contributed by atoms with van der Waals surface area (Å²) >= 11 is 0. The molecule has 0 spiro atoms. The maximum atomic E-state index is 11.9. The number of esters is 1. The second kappa shape index (κ2) is 7.68. The van der Waals surface area contributed by atoms with Gasteiger partial charge in [0, 0.05) is 13.0 Å². The molecule has 0 saturated heterocycles. The maximum Gasteiger partial charge on any atom is 0.306 e. The summed E-state index contributed by atoms with van der Waals surface area (Å²) in [5.41, 5.74) is 0.891. The Kier molecular flexibility index (Phi) is 5.63. The Morgan fingerprint density at radius 1 is 1.32 bits per heavy atom. The molecule has 1 heterocycles. The predicted molar refractivity (Wildman–Crippen MR) is 79.5 cm³/mol. The molecule has 0 fully saturated rings. The monoisotopic (exact) mass is 307 g/mol. The van der Waals surface area contributed by atoms with E-state index in [9.17, 15) is 9.59 Å². The standard InChI is InChI=1S/C16H21NO5/c1-3-4-5-15(18)22-11(2)16(19)17-9-12-6-7-13-14(8-12)21-10-20-13/h6-8,11H,3-5,9-10H2,1-2H3,(H,17,19)/t11-/m0/s1. The van der Waals surface area contributed by atoms with Crippen molar-refractivity contribution in [2.24, 2.45) is 0 Å². The van der Waals surface area contributed by atoms with Gasteiger partial charge in [-0.1, -0.05) is 19.4 Å². The van der Waals surface area contributed by atoms with Crippen molar-refractivity contribution in [3.63, 3.8) is 0 Å². The lowest BCUT2D eigenvalue weighted by Crippen LogP contribution is -2.35. The highest BCUT2D eigenvalue weighted by molar-refractivity contribution is 5.83. The molecule has 6 heteroatoms. The van der Waals surface area contributed by atoms with Gasteiger partial charge in [0.25, 0.3) is 5.91 Å². The van der Waals surface area contributed by atoms with Crippen molar-refractivity contribution in [1.29, 1.82) is 0 Å². The second-order valence-corrected chi connectivity index (χ2v) is 5.14. The Morgan fingerprint density at radius 2 is 2.09 bits per heavy atom. The molecule has 0 aliphatic carbocycles. The molecule has 1 N–H and O–H groups in total. The van der Waals surface area contributed by atoms with Crippen molar-refractivity contribution in [2.75, 3.05) is 6.79 Å². The SMILES string of the molecule is CCCCC(=O)O[C@@H](C)C(=O)NCc1ccc2c(c1)OCO2. The third-order valence-corrected chi connectivity index (χ3v) is 3.32. The number of carbonyl (C=O) groups excluding carboxylic acids is 2. The second-order valence-electron chi connectivity index (χ2n) is 5.14. The summed E-state index contributed by atoms with van der Waals surface area (Å²) in [5.74, 6) is 0.717. The van der Waals surface area contributed by atoms with Crippen LogP contribution in [0.2, 0.25) is 0 Å². The van der Waals surface area contributed by atoms with Crippen LogP contribution in [0.3, 0.4) is 0 Å². The first-order valence-corrected chi connectivity index (χ1v) is 7.46. The number of fused-ring (bicyclic) bond motifs is 1. The van der Waals surface area contributed by atoms with Crippen LogP contribution in [0.1, 0.15) is 38.7 Å². The number of benzene rings is 1. The average molecular weight is 307 g/mol. The molecular weight excluding hydrogens is 286 g/mol. The van der Waals surface area contributed by atoms with Gasteiger partial charge in [-0.15, -0.1) is 0 Å². The topological polar surface area (TPSA) is 73.9 Å². The van der Waals surface area contributed by atoms with Crippen LogP contribution in [-0.2, 0) is 20.9 Å². The third kappa shape index (κ3) is 4.38. The summed E-state index contributed by atoms with van der Waals surface area (Å²) in [4.78, 5) is 23.4. The molecule has 0 bridgehead atoms. The van der Waals surface area contributed by atoms with Crippen molar-refractivity contribution >= 4 is 11.9 Å². The van der Waals surface area contributed by atoms with Crippen LogP contribution in [0, 0.1) is 0 Å². The molecule has 6 nitrogen and oxygen atoms in total. The van der Waals surface area contributed by atoms with Crippen LogP contribution in [0.5, 0.6) is 11.5 Å². The van der Waals surface area contributed by atoms with Crippen LogP contribution in [0.25, 0.3) is 0 Å². The minimum Gasteiger partial charge on any atom is -0.454 e. The van der Waals surface area contributed by atoms with Crippen molar-refractivity contribution in [3.8, 4) is 11.5 Å². The van der Waals surface area contributed by atoms with Crippen molar-refractivity contribution < 1.29 is 23.8 Å². The number of hydrogen-bond donors (Lipinski definition) is 1. The molecule has 0 radical (unpaired) electrons. The Morgan fingerprint density at radius 3 is 2.86 bits per heavy atom. The van der Waals surface area contributed by atoms with Gasteiger partial charge >= 0.3 is 5.97 Å². The number of carbonyl (C=O) groups is 2. The van der Waals surface area contributed by atoms with E-state index >= 15 is 0 Å².